The van der Waals surface area contributed by atoms with Crippen molar-refractivity contribution in [3.05, 3.63) is 212 Å². The van der Waals surface area contributed by atoms with Gasteiger partial charge in [-0.2, -0.15) is 0 Å². The summed E-state index contributed by atoms with van der Waals surface area (Å²) in [6.07, 6.45) is 1.83. The van der Waals surface area contributed by atoms with Crippen molar-refractivity contribution in [2.24, 2.45) is 0 Å². The molecule has 0 aliphatic heterocycles. The van der Waals surface area contributed by atoms with Crippen LogP contribution in [0, 0.1) is 0 Å². The van der Waals surface area contributed by atoms with E-state index in [9.17, 15) is 0 Å². The van der Waals surface area contributed by atoms with Crippen LogP contribution in [0.1, 0.15) is 0 Å². The minimum atomic E-state index is 0.682. The van der Waals surface area contributed by atoms with E-state index in [0.717, 1.165) is 44.9 Å². The summed E-state index contributed by atoms with van der Waals surface area (Å²) in [7, 11) is 0. The first-order chi connectivity index (χ1) is 29.7. The highest BCUT2D eigenvalue weighted by atomic mass is 14.9. The lowest BCUT2D eigenvalue weighted by Crippen LogP contribution is -1.96. The second-order valence-electron chi connectivity index (χ2n) is 15.5. The quantitative estimate of drug-likeness (QED) is 0.158. The molecule has 0 N–H and O–H groups in total. The first kappa shape index (κ1) is 34.1. The maximum absolute atomic E-state index is 5.25. The van der Waals surface area contributed by atoms with Gasteiger partial charge in [0.1, 0.15) is 0 Å². The summed E-state index contributed by atoms with van der Waals surface area (Å²) in [5.74, 6) is 0.682. The Balaban J connectivity index is 1.02. The van der Waals surface area contributed by atoms with Crippen molar-refractivity contribution in [2.45, 2.75) is 0 Å². The van der Waals surface area contributed by atoms with E-state index in [1.54, 1.807) is 0 Å². The van der Waals surface area contributed by atoms with E-state index in [1.807, 2.05) is 30.5 Å². The Morgan fingerprint density at radius 1 is 0.267 bits per heavy atom. The van der Waals surface area contributed by atoms with Crippen molar-refractivity contribution in [3.8, 4) is 67.4 Å². The second-order valence-corrected chi connectivity index (χ2v) is 15.5. The zero-order valence-corrected chi connectivity index (χ0v) is 32.5. The van der Waals surface area contributed by atoms with Crippen LogP contribution in [-0.4, -0.2) is 15.0 Å². The van der Waals surface area contributed by atoms with Gasteiger partial charge in [-0.15, -0.1) is 0 Å². The lowest BCUT2D eigenvalue weighted by Gasteiger charge is -2.18. The van der Waals surface area contributed by atoms with E-state index >= 15 is 0 Å². The van der Waals surface area contributed by atoms with Gasteiger partial charge in [0.15, 0.2) is 5.82 Å². The van der Waals surface area contributed by atoms with E-state index in [-0.39, 0.29) is 0 Å². The van der Waals surface area contributed by atoms with Crippen LogP contribution in [-0.2, 0) is 0 Å². The van der Waals surface area contributed by atoms with Gasteiger partial charge in [-0.3, -0.25) is 4.98 Å². The minimum absolute atomic E-state index is 0.682. The van der Waals surface area contributed by atoms with Gasteiger partial charge in [0, 0.05) is 28.5 Å². The third-order valence-corrected chi connectivity index (χ3v) is 12.1. The van der Waals surface area contributed by atoms with Crippen molar-refractivity contribution in [1.82, 2.24) is 15.0 Å². The van der Waals surface area contributed by atoms with Crippen LogP contribution in [0.2, 0.25) is 0 Å². The predicted molar refractivity (Wildman–Crippen MR) is 251 cm³/mol. The van der Waals surface area contributed by atoms with Crippen molar-refractivity contribution < 1.29 is 0 Å². The van der Waals surface area contributed by atoms with E-state index < -0.39 is 0 Å². The molecule has 2 heterocycles. The van der Waals surface area contributed by atoms with E-state index in [1.165, 1.54) is 70.6 Å². The first-order valence-electron chi connectivity index (χ1n) is 20.4. The average Bonchev–Trinajstić information content (AvgIpc) is 3.33. The average molecular weight is 762 g/mol. The molecule has 0 atom stereocenters. The molecule has 2 aromatic heterocycles. The van der Waals surface area contributed by atoms with Crippen LogP contribution in [0.4, 0.5) is 0 Å². The van der Waals surface area contributed by atoms with Crippen molar-refractivity contribution in [1.29, 1.82) is 0 Å². The molecule has 0 aliphatic carbocycles. The maximum atomic E-state index is 5.25. The molecule has 0 unspecified atom stereocenters. The zero-order valence-electron chi connectivity index (χ0n) is 32.5. The maximum Gasteiger partial charge on any atom is 0.160 e. The molecule has 3 nitrogen and oxygen atoms in total. The Hall–Kier alpha value is -8.01. The molecule has 10 aromatic carbocycles. The van der Waals surface area contributed by atoms with Gasteiger partial charge in [0.2, 0.25) is 0 Å². The van der Waals surface area contributed by atoms with Gasteiger partial charge in [-0.1, -0.05) is 170 Å². The topological polar surface area (TPSA) is 38.7 Å². The number of rotatable bonds is 6. The summed E-state index contributed by atoms with van der Waals surface area (Å²) in [5.41, 5.74) is 11.5. The summed E-state index contributed by atoms with van der Waals surface area (Å²) in [6.45, 7) is 0. The van der Waals surface area contributed by atoms with Gasteiger partial charge >= 0.3 is 0 Å². The highest BCUT2D eigenvalue weighted by molar-refractivity contribution is 6.28. The molecule has 60 heavy (non-hydrogen) atoms. The third-order valence-electron chi connectivity index (χ3n) is 12.1. The fourth-order valence-electron chi connectivity index (χ4n) is 9.24. The Morgan fingerprint density at radius 2 is 0.833 bits per heavy atom. The largest absolute Gasteiger partial charge is 0.256 e. The van der Waals surface area contributed by atoms with Gasteiger partial charge in [-0.25, -0.2) is 9.97 Å². The van der Waals surface area contributed by atoms with Crippen LogP contribution in [0.25, 0.3) is 121 Å². The standard InChI is InChI=1S/C57H35N3/c1-2-12-36(13-3-1)53-35-54(42-17-11-16-41(33-42)52-22-8-9-31-58-52)60-57(59-53)43-18-10-15-39(32-43)45-27-23-37-26-30-50-48(28-24-38-25-29-49(45)55(37)56(38)50)51-34-40-14-4-5-19-44(40)46-20-6-7-21-47(46)51/h1-35H. The van der Waals surface area contributed by atoms with Gasteiger partial charge < -0.3 is 0 Å². The summed E-state index contributed by atoms with van der Waals surface area (Å²) in [4.78, 5) is 15.1. The van der Waals surface area contributed by atoms with Crippen LogP contribution < -0.4 is 0 Å². The summed E-state index contributed by atoms with van der Waals surface area (Å²) in [6, 6.07) is 73.9. The molecule has 0 aliphatic rings. The molecule has 12 aromatic rings. The smallest absolute Gasteiger partial charge is 0.160 e. The second kappa shape index (κ2) is 13.8. The van der Waals surface area contributed by atoms with Gasteiger partial charge in [0.25, 0.3) is 0 Å². The molecule has 3 heteroatoms. The lowest BCUT2D eigenvalue weighted by atomic mass is 9.85. The van der Waals surface area contributed by atoms with E-state index in [2.05, 4.69) is 187 Å². The molecule has 0 fully saturated rings. The van der Waals surface area contributed by atoms with Crippen LogP contribution in [0.15, 0.2) is 212 Å². The first-order valence-corrected chi connectivity index (χ1v) is 20.4. The number of nitrogens with zero attached hydrogens (tertiary/aromatic N) is 3. The van der Waals surface area contributed by atoms with E-state index in [0.29, 0.717) is 5.82 Å². The molecule has 0 radical (unpaired) electrons. The molecule has 0 saturated carbocycles. The number of aromatic nitrogens is 3. The molecular weight excluding hydrogens is 727 g/mol. The Morgan fingerprint density at radius 3 is 1.60 bits per heavy atom. The minimum Gasteiger partial charge on any atom is -0.256 e. The Kier molecular flexibility index (Phi) is 7.85. The fourth-order valence-corrected chi connectivity index (χ4v) is 9.24. The van der Waals surface area contributed by atoms with Crippen LogP contribution >= 0.6 is 0 Å². The van der Waals surface area contributed by atoms with Gasteiger partial charge in [-0.05, 0) is 113 Å². The molecule has 278 valence electrons. The summed E-state index contributed by atoms with van der Waals surface area (Å²) in [5, 5.41) is 12.7. The SMILES string of the molecule is c1ccc(-c2cc(-c3cccc(-c4ccccn4)c3)nc(-c3cccc(-c4ccc5ccc6c(-c7cc8ccccc8c8ccccc78)ccc7ccc4c5c76)c3)n2)cc1. The number of pyridine rings is 1. The van der Waals surface area contributed by atoms with Crippen molar-refractivity contribution in [3.63, 3.8) is 0 Å². The number of hydrogen-bond acceptors (Lipinski definition) is 3. The van der Waals surface area contributed by atoms with Crippen molar-refractivity contribution in [2.75, 3.05) is 0 Å². The highest BCUT2D eigenvalue weighted by Crippen LogP contribution is 2.45. The fraction of sp³-hybridized carbons (Fsp3) is 0. The molecule has 0 amide bonds. The summed E-state index contributed by atoms with van der Waals surface area (Å²) < 4.78 is 0. The molecule has 0 bridgehead atoms. The summed E-state index contributed by atoms with van der Waals surface area (Å²) >= 11 is 0. The van der Waals surface area contributed by atoms with Crippen LogP contribution in [0.5, 0.6) is 0 Å². The third kappa shape index (κ3) is 5.63. The lowest BCUT2D eigenvalue weighted by molar-refractivity contribution is 1.18. The Bertz CT molecular complexity index is 3590. The number of fused-ring (bicyclic) bond motifs is 3. The van der Waals surface area contributed by atoms with E-state index in [4.69, 9.17) is 9.97 Å². The zero-order chi connectivity index (χ0) is 39.6. The number of hydrogen-bond donors (Lipinski definition) is 0. The van der Waals surface area contributed by atoms with Crippen molar-refractivity contribution >= 4 is 53.9 Å². The molecule has 12 rings (SSSR count). The monoisotopic (exact) mass is 761 g/mol. The van der Waals surface area contributed by atoms with Gasteiger partial charge in [0.05, 0.1) is 17.1 Å². The normalized spacial score (nSPS) is 11.7. The highest BCUT2D eigenvalue weighted by Gasteiger charge is 2.18. The predicted octanol–water partition coefficient (Wildman–Crippen LogP) is 15.1. The Labute approximate surface area is 347 Å². The van der Waals surface area contributed by atoms with Crippen LogP contribution in [0.3, 0.4) is 0 Å². The molecule has 0 saturated heterocycles. The molecule has 0 spiro atoms. The number of benzene rings is 10. The molecular formula is C57H35N3.